The van der Waals surface area contributed by atoms with Gasteiger partial charge >= 0.3 is 0 Å². The third-order valence-electron chi connectivity index (χ3n) is 5.81. The van der Waals surface area contributed by atoms with Crippen LogP contribution in [0.1, 0.15) is 35.4 Å². The van der Waals surface area contributed by atoms with E-state index in [1.807, 2.05) is 60.7 Å². The van der Waals surface area contributed by atoms with Gasteiger partial charge in [-0.25, -0.2) is 4.98 Å². The van der Waals surface area contributed by atoms with Crippen LogP contribution >= 0.6 is 15.9 Å². The van der Waals surface area contributed by atoms with Gasteiger partial charge in [0.15, 0.2) is 11.5 Å². The molecule has 7 heteroatoms. The number of hydrogen-bond acceptors (Lipinski definition) is 4. The summed E-state index contributed by atoms with van der Waals surface area (Å²) in [5.74, 6) is 2.52. The number of nitrogens with one attached hydrogen (secondary N) is 1. The highest BCUT2D eigenvalue weighted by molar-refractivity contribution is 9.10. The van der Waals surface area contributed by atoms with E-state index in [1.54, 1.807) is 7.11 Å². The van der Waals surface area contributed by atoms with Crippen LogP contribution in [-0.4, -0.2) is 35.7 Å². The Kier molecular flexibility index (Phi) is 8.79. The number of fused-ring (bicyclic) bond motifs is 1. The van der Waals surface area contributed by atoms with Crippen molar-refractivity contribution < 1.29 is 14.3 Å². The molecule has 0 bridgehead atoms. The summed E-state index contributed by atoms with van der Waals surface area (Å²) in [5.41, 5.74) is 2.81. The molecule has 4 aromatic rings. The van der Waals surface area contributed by atoms with Crippen molar-refractivity contribution in [3.8, 4) is 11.5 Å². The number of para-hydroxylation sites is 4. The van der Waals surface area contributed by atoms with Crippen LogP contribution in [0.15, 0.2) is 77.3 Å². The zero-order valence-corrected chi connectivity index (χ0v) is 21.5. The highest BCUT2D eigenvalue weighted by Gasteiger charge is 2.11. The Morgan fingerprint density at radius 2 is 1.69 bits per heavy atom. The molecule has 182 valence electrons. The Hall–Kier alpha value is -3.32. The summed E-state index contributed by atoms with van der Waals surface area (Å²) in [7, 11) is 1.65. The third-order valence-corrected chi connectivity index (χ3v) is 6.33. The molecule has 1 heterocycles. The molecule has 0 saturated carbocycles. The Morgan fingerprint density at radius 1 is 0.943 bits per heavy atom. The van der Waals surface area contributed by atoms with Crippen molar-refractivity contribution >= 4 is 32.9 Å². The Balaban J connectivity index is 1.29. The molecule has 1 amide bonds. The van der Waals surface area contributed by atoms with Gasteiger partial charge in [0.1, 0.15) is 5.82 Å². The lowest BCUT2D eigenvalue weighted by atomic mass is 10.2. The molecule has 4 rings (SSSR count). The summed E-state index contributed by atoms with van der Waals surface area (Å²) in [6, 6.07) is 23.3. The lowest BCUT2D eigenvalue weighted by molar-refractivity contribution is 0.0953. The number of benzene rings is 3. The van der Waals surface area contributed by atoms with Crippen LogP contribution in [0.2, 0.25) is 0 Å². The number of ether oxygens (including phenoxy) is 2. The SMILES string of the molecule is COc1ccccc1OCCCCn1c(CCCNC(=O)c2ccc(Br)cc2)nc2ccccc21. The van der Waals surface area contributed by atoms with Crippen molar-refractivity contribution in [2.45, 2.75) is 32.2 Å². The normalized spacial score (nSPS) is 10.9. The van der Waals surface area contributed by atoms with Gasteiger partial charge in [0.05, 0.1) is 24.8 Å². The Morgan fingerprint density at radius 3 is 2.49 bits per heavy atom. The molecule has 1 aromatic heterocycles. The molecule has 1 N–H and O–H groups in total. The van der Waals surface area contributed by atoms with Gasteiger partial charge in [0, 0.05) is 29.5 Å². The molecule has 0 unspecified atom stereocenters. The van der Waals surface area contributed by atoms with Crippen molar-refractivity contribution in [3.63, 3.8) is 0 Å². The van der Waals surface area contributed by atoms with E-state index < -0.39 is 0 Å². The number of hydrogen-bond donors (Lipinski definition) is 1. The average Bonchev–Trinajstić information content (AvgIpc) is 3.24. The summed E-state index contributed by atoms with van der Waals surface area (Å²) < 4.78 is 14.5. The number of nitrogens with zero attached hydrogens (tertiary/aromatic N) is 2. The largest absolute Gasteiger partial charge is 0.493 e. The van der Waals surface area contributed by atoms with Crippen molar-refractivity contribution in [2.75, 3.05) is 20.3 Å². The maximum atomic E-state index is 12.4. The molecule has 35 heavy (non-hydrogen) atoms. The van der Waals surface area contributed by atoms with E-state index >= 15 is 0 Å². The summed E-state index contributed by atoms with van der Waals surface area (Å²) in [6.45, 7) is 2.10. The van der Waals surface area contributed by atoms with E-state index in [0.717, 1.165) is 65.1 Å². The summed E-state index contributed by atoms with van der Waals surface area (Å²) in [5, 5.41) is 3.01. The number of aryl methyl sites for hydroxylation is 2. The first-order chi connectivity index (χ1) is 17.2. The zero-order valence-electron chi connectivity index (χ0n) is 19.9. The smallest absolute Gasteiger partial charge is 0.251 e. The van der Waals surface area contributed by atoms with E-state index in [0.29, 0.717) is 18.7 Å². The van der Waals surface area contributed by atoms with E-state index in [2.05, 4.69) is 37.9 Å². The first kappa shape index (κ1) is 24.8. The minimum Gasteiger partial charge on any atom is -0.493 e. The van der Waals surface area contributed by atoms with Gasteiger partial charge in [-0.1, -0.05) is 40.2 Å². The molecular formula is C28H30BrN3O3. The molecule has 0 aliphatic carbocycles. The van der Waals surface area contributed by atoms with Gasteiger partial charge in [-0.3, -0.25) is 4.79 Å². The van der Waals surface area contributed by atoms with Gasteiger partial charge in [-0.2, -0.15) is 0 Å². The lowest BCUT2D eigenvalue weighted by Gasteiger charge is -2.12. The number of carbonyl (C=O) groups excluding carboxylic acids is 1. The van der Waals surface area contributed by atoms with Gasteiger partial charge in [-0.15, -0.1) is 0 Å². The van der Waals surface area contributed by atoms with Crippen molar-refractivity contribution in [1.82, 2.24) is 14.9 Å². The fourth-order valence-corrected chi connectivity index (χ4v) is 4.27. The molecule has 0 radical (unpaired) electrons. The fourth-order valence-electron chi connectivity index (χ4n) is 4.01. The van der Waals surface area contributed by atoms with Gasteiger partial charge in [-0.05, 0) is 67.8 Å². The van der Waals surface area contributed by atoms with Crippen molar-refractivity contribution in [2.24, 2.45) is 0 Å². The zero-order chi connectivity index (χ0) is 24.5. The fraction of sp³-hybridized carbons (Fsp3) is 0.286. The second kappa shape index (κ2) is 12.4. The maximum absolute atomic E-state index is 12.4. The molecule has 0 fully saturated rings. The van der Waals surface area contributed by atoms with Crippen LogP contribution in [0.4, 0.5) is 0 Å². The first-order valence-corrected chi connectivity index (χ1v) is 12.7. The molecule has 0 saturated heterocycles. The molecule has 0 aliphatic rings. The van der Waals surface area contributed by atoms with E-state index in [1.165, 1.54) is 0 Å². The maximum Gasteiger partial charge on any atom is 0.251 e. The number of amides is 1. The van der Waals surface area contributed by atoms with Gasteiger partial charge in [0.2, 0.25) is 0 Å². The topological polar surface area (TPSA) is 65.4 Å². The van der Waals surface area contributed by atoms with Gasteiger partial charge in [0.25, 0.3) is 5.91 Å². The third kappa shape index (κ3) is 6.63. The number of halogens is 1. The van der Waals surface area contributed by atoms with Crippen molar-refractivity contribution in [1.29, 1.82) is 0 Å². The minimum absolute atomic E-state index is 0.0546. The monoisotopic (exact) mass is 535 g/mol. The molecule has 0 aliphatic heterocycles. The van der Waals surface area contributed by atoms with Crippen LogP contribution in [0.5, 0.6) is 11.5 Å². The second-order valence-electron chi connectivity index (χ2n) is 8.24. The number of unbranched alkanes of at least 4 members (excludes halogenated alkanes) is 1. The van der Waals surface area contributed by atoms with Gasteiger partial charge < -0.3 is 19.4 Å². The lowest BCUT2D eigenvalue weighted by Crippen LogP contribution is -2.25. The quantitative estimate of drug-likeness (QED) is 0.225. The predicted octanol–water partition coefficient (Wildman–Crippen LogP) is 6.03. The standard InChI is InChI=1S/C28H30BrN3O3/c1-34-25-11-4-5-12-26(25)35-20-7-6-19-32-24-10-3-2-9-23(24)31-27(32)13-8-18-30-28(33)21-14-16-22(29)17-15-21/h2-5,9-12,14-17H,6-8,13,18-20H2,1H3,(H,30,33). The highest BCUT2D eigenvalue weighted by Crippen LogP contribution is 2.26. The number of rotatable bonds is 12. The summed E-state index contributed by atoms with van der Waals surface area (Å²) in [4.78, 5) is 17.2. The Bertz CT molecular complexity index is 1250. The van der Waals surface area contributed by atoms with Crippen LogP contribution in [0, 0.1) is 0 Å². The second-order valence-corrected chi connectivity index (χ2v) is 9.16. The van der Waals surface area contributed by atoms with E-state index in [4.69, 9.17) is 14.5 Å². The summed E-state index contributed by atoms with van der Waals surface area (Å²) >= 11 is 3.40. The number of imidazole rings is 1. The summed E-state index contributed by atoms with van der Waals surface area (Å²) in [6.07, 6.45) is 3.52. The molecule has 0 atom stereocenters. The molecule has 3 aromatic carbocycles. The van der Waals surface area contributed by atoms with Crippen LogP contribution in [0.3, 0.4) is 0 Å². The number of aromatic nitrogens is 2. The highest BCUT2D eigenvalue weighted by atomic mass is 79.9. The molecule has 6 nitrogen and oxygen atoms in total. The van der Waals surface area contributed by atoms with Crippen LogP contribution in [-0.2, 0) is 13.0 Å². The average molecular weight is 536 g/mol. The number of carbonyl (C=O) groups is 1. The first-order valence-electron chi connectivity index (χ1n) is 11.9. The van der Waals surface area contributed by atoms with E-state index in [-0.39, 0.29) is 5.91 Å². The predicted molar refractivity (Wildman–Crippen MR) is 142 cm³/mol. The molecule has 0 spiro atoms. The minimum atomic E-state index is -0.0546. The van der Waals surface area contributed by atoms with Crippen LogP contribution in [0.25, 0.3) is 11.0 Å². The Labute approximate surface area is 214 Å². The van der Waals surface area contributed by atoms with Crippen molar-refractivity contribution in [3.05, 3.63) is 88.7 Å². The molecular weight excluding hydrogens is 506 g/mol. The number of methoxy groups -OCH3 is 1. The van der Waals surface area contributed by atoms with Crippen LogP contribution < -0.4 is 14.8 Å². The van der Waals surface area contributed by atoms with E-state index in [9.17, 15) is 4.79 Å².